The van der Waals surface area contributed by atoms with Crippen LogP contribution in [0, 0.1) is 13.8 Å². The van der Waals surface area contributed by atoms with E-state index in [4.69, 9.17) is 11.6 Å². The minimum Gasteiger partial charge on any atom is -0.309 e. The average molecular weight is 260 g/mol. The van der Waals surface area contributed by atoms with Gasteiger partial charge in [0.1, 0.15) is 0 Å². The van der Waals surface area contributed by atoms with Gasteiger partial charge in [-0.05, 0) is 42.7 Å². The monoisotopic (exact) mass is 259 g/mol. The van der Waals surface area contributed by atoms with Crippen molar-refractivity contribution in [3.8, 4) is 0 Å². The maximum absolute atomic E-state index is 5.94. The van der Waals surface area contributed by atoms with E-state index in [9.17, 15) is 0 Å². The van der Waals surface area contributed by atoms with Crippen LogP contribution in [0.15, 0.2) is 42.5 Å². The van der Waals surface area contributed by atoms with Gasteiger partial charge in [0.2, 0.25) is 0 Å². The summed E-state index contributed by atoms with van der Waals surface area (Å²) in [5.41, 5.74) is 5.16. The Hall–Kier alpha value is -1.31. The van der Waals surface area contributed by atoms with Gasteiger partial charge in [-0.3, -0.25) is 0 Å². The van der Waals surface area contributed by atoms with E-state index >= 15 is 0 Å². The number of hydrogen-bond acceptors (Lipinski definition) is 1. The van der Waals surface area contributed by atoms with Crippen LogP contribution in [0.3, 0.4) is 0 Å². The Balaban J connectivity index is 1.92. The molecule has 0 aliphatic heterocycles. The summed E-state index contributed by atoms with van der Waals surface area (Å²) in [5, 5.41) is 4.26. The van der Waals surface area contributed by atoms with Gasteiger partial charge in [0.05, 0.1) is 0 Å². The molecule has 2 heteroatoms. The van der Waals surface area contributed by atoms with Crippen molar-refractivity contribution >= 4 is 11.6 Å². The first kappa shape index (κ1) is 13.1. The lowest BCUT2D eigenvalue weighted by Crippen LogP contribution is -2.13. The second kappa shape index (κ2) is 6.03. The van der Waals surface area contributed by atoms with E-state index in [0.717, 1.165) is 18.1 Å². The van der Waals surface area contributed by atoms with Crippen LogP contribution in [-0.2, 0) is 13.1 Å². The maximum Gasteiger partial charge on any atom is 0.0408 e. The van der Waals surface area contributed by atoms with Crippen LogP contribution in [-0.4, -0.2) is 0 Å². The largest absolute Gasteiger partial charge is 0.309 e. The molecule has 0 unspecified atom stereocenters. The summed E-state index contributed by atoms with van der Waals surface area (Å²) in [4.78, 5) is 0. The van der Waals surface area contributed by atoms with E-state index in [1.165, 1.54) is 22.3 Å². The van der Waals surface area contributed by atoms with Gasteiger partial charge < -0.3 is 5.32 Å². The standard InChI is InChI=1S/C16H18ClN/c1-12-4-3-5-14(8-12)10-18-11-15-6-7-16(17)9-13(15)2/h3-9,18H,10-11H2,1-2H3. The highest BCUT2D eigenvalue weighted by Gasteiger charge is 1.99. The van der Waals surface area contributed by atoms with Crippen molar-refractivity contribution in [1.82, 2.24) is 5.32 Å². The minimum absolute atomic E-state index is 0.801. The first-order valence-electron chi connectivity index (χ1n) is 6.16. The summed E-state index contributed by atoms with van der Waals surface area (Å²) in [7, 11) is 0. The van der Waals surface area contributed by atoms with E-state index in [1.807, 2.05) is 12.1 Å². The first-order chi connectivity index (χ1) is 8.65. The summed E-state index contributed by atoms with van der Waals surface area (Å²) in [6.45, 7) is 5.98. The molecule has 0 spiro atoms. The Morgan fingerprint density at radius 1 is 1.00 bits per heavy atom. The zero-order chi connectivity index (χ0) is 13.0. The summed E-state index contributed by atoms with van der Waals surface area (Å²) >= 11 is 5.94. The summed E-state index contributed by atoms with van der Waals surface area (Å²) in [5.74, 6) is 0. The highest BCUT2D eigenvalue weighted by Crippen LogP contribution is 2.15. The summed E-state index contributed by atoms with van der Waals surface area (Å²) in [6.07, 6.45) is 0. The van der Waals surface area contributed by atoms with Gasteiger partial charge in [0.25, 0.3) is 0 Å². The van der Waals surface area contributed by atoms with Crippen LogP contribution >= 0.6 is 11.6 Å². The summed E-state index contributed by atoms with van der Waals surface area (Å²) in [6, 6.07) is 14.6. The van der Waals surface area contributed by atoms with Crippen LogP contribution in [0.1, 0.15) is 22.3 Å². The van der Waals surface area contributed by atoms with Gasteiger partial charge in [0.15, 0.2) is 0 Å². The van der Waals surface area contributed by atoms with Crippen LogP contribution in [0.2, 0.25) is 5.02 Å². The molecule has 1 N–H and O–H groups in total. The predicted octanol–water partition coefficient (Wildman–Crippen LogP) is 4.25. The van der Waals surface area contributed by atoms with Crippen LogP contribution in [0.5, 0.6) is 0 Å². The molecule has 0 radical (unpaired) electrons. The lowest BCUT2D eigenvalue weighted by atomic mass is 10.1. The number of aryl methyl sites for hydroxylation is 2. The highest BCUT2D eigenvalue weighted by atomic mass is 35.5. The van der Waals surface area contributed by atoms with Crippen LogP contribution < -0.4 is 5.32 Å². The van der Waals surface area contributed by atoms with Crippen molar-refractivity contribution < 1.29 is 0 Å². The number of benzene rings is 2. The molecular formula is C16H18ClN. The molecule has 18 heavy (non-hydrogen) atoms. The zero-order valence-electron chi connectivity index (χ0n) is 10.8. The topological polar surface area (TPSA) is 12.0 Å². The van der Waals surface area contributed by atoms with Crippen molar-refractivity contribution in [3.05, 3.63) is 69.7 Å². The molecule has 0 amide bonds. The lowest BCUT2D eigenvalue weighted by Gasteiger charge is -2.08. The molecule has 0 heterocycles. The molecule has 2 rings (SSSR count). The normalized spacial score (nSPS) is 10.6. The van der Waals surface area contributed by atoms with Gasteiger partial charge in [-0.2, -0.15) is 0 Å². The fourth-order valence-corrected chi connectivity index (χ4v) is 2.25. The van der Waals surface area contributed by atoms with Crippen molar-refractivity contribution in [2.45, 2.75) is 26.9 Å². The Kier molecular flexibility index (Phi) is 4.40. The molecule has 0 aliphatic carbocycles. The molecule has 0 aliphatic rings. The van der Waals surface area contributed by atoms with Crippen molar-refractivity contribution in [1.29, 1.82) is 0 Å². The molecular weight excluding hydrogens is 242 g/mol. The van der Waals surface area contributed by atoms with Crippen molar-refractivity contribution in [2.75, 3.05) is 0 Å². The smallest absolute Gasteiger partial charge is 0.0408 e. The van der Waals surface area contributed by atoms with Crippen molar-refractivity contribution in [2.24, 2.45) is 0 Å². The molecule has 0 aromatic heterocycles. The third-order valence-corrected chi connectivity index (χ3v) is 3.27. The molecule has 0 saturated carbocycles. The highest BCUT2D eigenvalue weighted by molar-refractivity contribution is 6.30. The second-order valence-electron chi connectivity index (χ2n) is 4.66. The third-order valence-electron chi connectivity index (χ3n) is 3.03. The van der Waals surface area contributed by atoms with Gasteiger partial charge in [-0.1, -0.05) is 47.5 Å². The SMILES string of the molecule is Cc1cccc(CNCc2ccc(Cl)cc2C)c1. The fraction of sp³-hybridized carbons (Fsp3) is 0.250. The van der Waals surface area contributed by atoms with Gasteiger partial charge >= 0.3 is 0 Å². The number of hydrogen-bond donors (Lipinski definition) is 1. The van der Waals surface area contributed by atoms with Gasteiger partial charge in [0, 0.05) is 18.1 Å². The lowest BCUT2D eigenvalue weighted by molar-refractivity contribution is 0.690. The van der Waals surface area contributed by atoms with E-state index in [1.54, 1.807) is 0 Å². The Labute approximate surface area is 114 Å². The molecule has 0 fully saturated rings. The molecule has 94 valence electrons. The first-order valence-corrected chi connectivity index (χ1v) is 6.54. The molecule has 0 atom stereocenters. The van der Waals surface area contributed by atoms with E-state index in [0.29, 0.717) is 0 Å². The molecule has 1 nitrogen and oxygen atoms in total. The number of nitrogens with one attached hydrogen (secondary N) is 1. The van der Waals surface area contributed by atoms with E-state index in [2.05, 4.69) is 49.5 Å². The van der Waals surface area contributed by atoms with E-state index in [-0.39, 0.29) is 0 Å². The minimum atomic E-state index is 0.801. The van der Waals surface area contributed by atoms with E-state index < -0.39 is 0 Å². The third kappa shape index (κ3) is 3.59. The Morgan fingerprint density at radius 2 is 1.83 bits per heavy atom. The quantitative estimate of drug-likeness (QED) is 0.866. The van der Waals surface area contributed by atoms with Crippen molar-refractivity contribution in [3.63, 3.8) is 0 Å². The second-order valence-corrected chi connectivity index (χ2v) is 5.10. The number of rotatable bonds is 4. The number of halogens is 1. The summed E-state index contributed by atoms with van der Waals surface area (Å²) < 4.78 is 0. The van der Waals surface area contributed by atoms with Crippen LogP contribution in [0.25, 0.3) is 0 Å². The van der Waals surface area contributed by atoms with Gasteiger partial charge in [-0.15, -0.1) is 0 Å². The molecule has 2 aromatic rings. The average Bonchev–Trinajstić information content (AvgIpc) is 2.32. The maximum atomic E-state index is 5.94. The fourth-order valence-electron chi connectivity index (χ4n) is 2.02. The molecule has 0 bridgehead atoms. The van der Waals surface area contributed by atoms with Crippen LogP contribution in [0.4, 0.5) is 0 Å². The van der Waals surface area contributed by atoms with Gasteiger partial charge in [-0.25, -0.2) is 0 Å². The Bertz CT molecular complexity index is 534. The molecule has 2 aromatic carbocycles. The predicted molar refractivity (Wildman–Crippen MR) is 77.9 cm³/mol. The zero-order valence-corrected chi connectivity index (χ0v) is 11.6. The molecule has 0 saturated heterocycles. The Morgan fingerprint density at radius 3 is 2.56 bits per heavy atom.